The summed E-state index contributed by atoms with van der Waals surface area (Å²) in [5.41, 5.74) is -1.97. The summed E-state index contributed by atoms with van der Waals surface area (Å²) in [6.45, 7) is 19.7. The Morgan fingerprint density at radius 2 is 1.63 bits per heavy atom. The van der Waals surface area contributed by atoms with Crippen LogP contribution in [0.4, 0.5) is 0 Å². The molecule has 0 aromatic rings. The van der Waals surface area contributed by atoms with E-state index in [0.29, 0.717) is 42.5 Å². The van der Waals surface area contributed by atoms with Gasteiger partial charge < -0.3 is 9.47 Å². The Morgan fingerprint density at radius 3 is 2.29 bits per heavy atom. The molecule has 5 nitrogen and oxygen atoms in total. The number of esters is 2. The van der Waals surface area contributed by atoms with Gasteiger partial charge >= 0.3 is 11.9 Å². The first-order valence-corrected chi connectivity index (χ1v) is 16.6. The van der Waals surface area contributed by atoms with Crippen LogP contribution in [0.5, 0.6) is 0 Å². The highest BCUT2D eigenvalue weighted by Crippen LogP contribution is 2.81. The Hall–Kier alpha value is -1.36. The van der Waals surface area contributed by atoms with Gasteiger partial charge in [-0.15, -0.1) is 11.6 Å². The lowest BCUT2D eigenvalue weighted by Gasteiger charge is -2.74. The van der Waals surface area contributed by atoms with Gasteiger partial charge in [0, 0.05) is 28.7 Å². The number of ketones is 1. The van der Waals surface area contributed by atoms with Crippen LogP contribution in [0.25, 0.3) is 0 Å². The molecule has 0 aromatic heterocycles. The van der Waals surface area contributed by atoms with Crippen LogP contribution in [0, 0.1) is 50.2 Å². The van der Waals surface area contributed by atoms with E-state index in [-0.39, 0.29) is 50.3 Å². The van der Waals surface area contributed by atoms with Gasteiger partial charge in [-0.2, -0.15) is 0 Å². The summed E-state index contributed by atoms with van der Waals surface area (Å²) >= 11 is 7.68. The Bertz CT molecular complexity index is 1230. The second kappa shape index (κ2) is 8.63. The first kappa shape index (κ1) is 29.7. The molecule has 1 spiro atoms. The van der Waals surface area contributed by atoms with Crippen molar-refractivity contribution in [3.05, 3.63) is 11.6 Å². The van der Waals surface area contributed by atoms with Gasteiger partial charge in [-0.05, 0) is 93.3 Å². The summed E-state index contributed by atoms with van der Waals surface area (Å²) in [5.74, 6) is 0.420. The third kappa shape index (κ3) is 3.34. The van der Waals surface area contributed by atoms with Crippen molar-refractivity contribution in [3.63, 3.8) is 0 Å². The summed E-state index contributed by atoms with van der Waals surface area (Å²) in [7, 11) is 0. The van der Waals surface area contributed by atoms with Crippen LogP contribution in [0.3, 0.4) is 0 Å². The molecule has 5 saturated carbocycles. The number of rotatable bonds is 2. The van der Waals surface area contributed by atoms with Crippen molar-refractivity contribution in [2.45, 2.75) is 137 Å². The number of hydrogen-bond donors (Lipinski definition) is 0. The number of fused-ring (bicyclic) bond motifs is 4. The molecule has 6 aliphatic rings. The maximum atomic E-state index is 14.3. The van der Waals surface area contributed by atoms with Gasteiger partial charge in [0.25, 0.3) is 0 Å². The molecule has 6 heteroatoms. The smallest absolute Gasteiger partial charge is 0.333 e. The Kier molecular flexibility index (Phi) is 6.25. The normalized spacial score (nSPS) is 51.5. The lowest BCUT2D eigenvalue weighted by Crippen LogP contribution is -2.76. The maximum Gasteiger partial charge on any atom is 0.333 e. The van der Waals surface area contributed by atoms with Gasteiger partial charge in [-0.3, -0.25) is 9.59 Å². The minimum absolute atomic E-state index is 0.00718. The third-order valence-electron chi connectivity index (χ3n) is 14.7. The minimum Gasteiger partial charge on any atom is -0.458 e. The number of halogens is 1. The second-order valence-electron chi connectivity index (χ2n) is 17.0. The van der Waals surface area contributed by atoms with Gasteiger partial charge in [-0.25, -0.2) is 4.79 Å². The molecule has 5 aliphatic carbocycles. The van der Waals surface area contributed by atoms with E-state index in [1.54, 1.807) is 13.0 Å². The predicted octanol–water partition coefficient (Wildman–Crippen LogP) is 7.82. The molecule has 6 fully saturated rings. The zero-order valence-corrected chi connectivity index (χ0v) is 27.5. The van der Waals surface area contributed by atoms with Gasteiger partial charge in [-0.1, -0.05) is 54.5 Å². The molecule has 0 radical (unpaired) electrons. The molecule has 10 atom stereocenters. The van der Waals surface area contributed by atoms with Crippen LogP contribution in [0.1, 0.15) is 120 Å². The lowest BCUT2D eigenvalue weighted by molar-refractivity contribution is -0.281. The van der Waals surface area contributed by atoms with Gasteiger partial charge in [0.1, 0.15) is 22.9 Å². The lowest BCUT2D eigenvalue weighted by atomic mass is 9.30. The Morgan fingerprint density at radius 1 is 0.951 bits per heavy atom. The minimum atomic E-state index is -0.852. The molecule has 1 heterocycles. The molecule has 6 rings (SSSR count). The van der Waals surface area contributed by atoms with Gasteiger partial charge in [0.2, 0.25) is 0 Å². The molecule has 0 amide bonds. The van der Waals surface area contributed by atoms with E-state index in [0.717, 1.165) is 38.5 Å². The molecule has 1 aliphatic heterocycles. The molecule has 41 heavy (non-hydrogen) atoms. The molecular formula is C35H51ClO5. The van der Waals surface area contributed by atoms with Crippen molar-refractivity contribution in [1.82, 2.24) is 0 Å². The number of ether oxygens (including phenoxy) is 2. The van der Waals surface area contributed by atoms with E-state index in [9.17, 15) is 14.4 Å². The zero-order chi connectivity index (χ0) is 30.2. The molecule has 4 unspecified atom stereocenters. The van der Waals surface area contributed by atoms with E-state index in [1.165, 1.54) is 0 Å². The fourth-order valence-electron chi connectivity index (χ4n) is 12.2. The predicted molar refractivity (Wildman–Crippen MR) is 159 cm³/mol. The van der Waals surface area contributed by atoms with E-state index in [1.807, 2.05) is 6.92 Å². The topological polar surface area (TPSA) is 69.7 Å². The largest absolute Gasteiger partial charge is 0.458 e. The fraction of sp³-hybridized carbons (Fsp3) is 0.857. The number of allylic oxidation sites excluding steroid dienone is 1. The summed E-state index contributed by atoms with van der Waals surface area (Å²) < 4.78 is 13.1. The average Bonchev–Trinajstić information content (AvgIpc) is 3.07. The number of carbonyl (C=O) groups is 3. The molecular weight excluding hydrogens is 536 g/mol. The standard InChI is InChI=1S/C35H51ClO5/c1-10-20(2)27(38)40-26-19-29(3,4)18-23-34(26)16-15-33(9)32(8)14-11-21-30(5,6)25(37)12-13-31(21,7)22(32)17-24(36)35(23,33)41-28(34)39/h10,21-24,26H,11-19H2,1-9H3/b20-10-/t21?,22?,23?,24-,26+,31-,32+,33-,34-,35?/m0/s1. The highest BCUT2D eigenvalue weighted by Gasteiger charge is 2.85. The quantitative estimate of drug-likeness (QED) is 0.187. The molecule has 228 valence electrons. The van der Waals surface area contributed by atoms with Crippen molar-refractivity contribution in [1.29, 1.82) is 0 Å². The second-order valence-corrected chi connectivity index (χ2v) is 17.5. The summed E-state index contributed by atoms with van der Waals surface area (Å²) in [4.78, 5) is 40.6. The summed E-state index contributed by atoms with van der Waals surface area (Å²) in [6, 6.07) is 0. The number of hydrogen-bond acceptors (Lipinski definition) is 5. The van der Waals surface area contributed by atoms with Crippen molar-refractivity contribution in [2.24, 2.45) is 50.2 Å². The van der Waals surface area contributed by atoms with E-state index >= 15 is 0 Å². The van der Waals surface area contributed by atoms with E-state index in [2.05, 4.69) is 48.5 Å². The van der Waals surface area contributed by atoms with Crippen LogP contribution in [0.15, 0.2) is 11.6 Å². The maximum absolute atomic E-state index is 14.3. The van der Waals surface area contributed by atoms with E-state index in [4.69, 9.17) is 21.1 Å². The Balaban J connectivity index is 1.47. The number of alkyl halides is 1. The van der Waals surface area contributed by atoms with Crippen molar-refractivity contribution < 1.29 is 23.9 Å². The highest BCUT2D eigenvalue weighted by atomic mass is 35.5. The zero-order valence-electron chi connectivity index (χ0n) is 26.7. The van der Waals surface area contributed by atoms with Crippen molar-refractivity contribution >= 4 is 29.3 Å². The van der Waals surface area contributed by atoms with Crippen LogP contribution in [-0.4, -0.2) is 34.8 Å². The van der Waals surface area contributed by atoms with Gasteiger partial charge in [0.15, 0.2) is 0 Å². The van der Waals surface area contributed by atoms with Crippen LogP contribution in [-0.2, 0) is 23.9 Å². The summed E-state index contributed by atoms with van der Waals surface area (Å²) in [5, 5.41) is -0.333. The highest BCUT2D eigenvalue weighted by molar-refractivity contribution is 6.22. The first-order chi connectivity index (χ1) is 18.9. The summed E-state index contributed by atoms with van der Waals surface area (Å²) in [6.07, 6.45) is 8.56. The van der Waals surface area contributed by atoms with Crippen molar-refractivity contribution in [2.75, 3.05) is 0 Å². The average molecular weight is 587 g/mol. The molecule has 2 bridgehead atoms. The van der Waals surface area contributed by atoms with Crippen molar-refractivity contribution in [3.8, 4) is 0 Å². The molecule has 0 aromatic carbocycles. The first-order valence-electron chi connectivity index (χ1n) is 16.1. The number of carbonyl (C=O) groups excluding carboxylic acids is 3. The number of Topliss-reactive ketones (excluding diaryl/α,β-unsaturated/α-hetero) is 1. The molecule has 0 N–H and O–H groups in total. The van der Waals surface area contributed by atoms with Crippen LogP contribution >= 0.6 is 11.6 Å². The SMILES string of the molecule is C/C=C(/C)C(=O)O[C@@H]1CC(C)(C)CC2C34OC(=O)[C@@]21CC[C@@]3(C)[C@]1(C)CCC2C(C)(C)C(=O)CC[C@]2(C)C1C[C@@H]4Cl. The third-order valence-corrected chi connectivity index (χ3v) is 15.2. The Labute approximate surface area is 251 Å². The monoisotopic (exact) mass is 586 g/mol. The van der Waals surface area contributed by atoms with Gasteiger partial charge in [0.05, 0.1) is 5.38 Å². The van der Waals surface area contributed by atoms with Crippen LogP contribution in [0.2, 0.25) is 0 Å². The fourth-order valence-corrected chi connectivity index (χ4v) is 12.8. The van der Waals surface area contributed by atoms with Crippen LogP contribution < -0.4 is 0 Å². The molecule has 1 saturated heterocycles. The van der Waals surface area contributed by atoms with E-state index < -0.39 is 17.1 Å².